The number of furan rings is 1. The third-order valence-electron chi connectivity index (χ3n) is 4.57. The van der Waals surface area contributed by atoms with Gasteiger partial charge in [0.1, 0.15) is 22.9 Å². The molecule has 25 heavy (non-hydrogen) atoms. The highest BCUT2D eigenvalue weighted by atomic mass is 16.3. The minimum atomic E-state index is 0.417. The highest BCUT2D eigenvalue weighted by Gasteiger charge is 2.11. The van der Waals surface area contributed by atoms with Crippen molar-refractivity contribution in [1.82, 2.24) is 4.98 Å². The van der Waals surface area contributed by atoms with E-state index in [0.29, 0.717) is 5.69 Å². The van der Waals surface area contributed by atoms with Gasteiger partial charge in [-0.05, 0) is 52.2 Å². The summed E-state index contributed by atoms with van der Waals surface area (Å²) in [6, 6.07) is 24.4. The Labute approximate surface area is 143 Å². The van der Waals surface area contributed by atoms with Gasteiger partial charge in [-0.25, -0.2) is 4.98 Å². The maximum atomic E-state index is 9.08. The molecular weight excluding hydrogens is 308 g/mol. The topological polar surface area (TPSA) is 49.8 Å². The summed E-state index contributed by atoms with van der Waals surface area (Å²) < 4.78 is 6.03. The number of nitriles is 1. The molecule has 0 N–H and O–H groups in total. The van der Waals surface area contributed by atoms with Crippen molar-refractivity contribution in [2.75, 3.05) is 0 Å². The largest absolute Gasteiger partial charge is 0.456 e. The highest BCUT2D eigenvalue weighted by molar-refractivity contribution is 6.19. The number of fused-ring (bicyclic) bond motifs is 5. The lowest BCUT2D eigenvalue weighted by Gasteiger charge is -2.03. The van der Waals surface area contributed by atoms with Gasteiger partial charge in [0, 0.05) is 17.0 Å². The second kappa shape index (κ2) is 5.19. The van der Waals surface area contributed by atoms with Crippen molar-refractivity contribution in [3.8, 4) is 17.2 Å². The number of rotatable bonds is 1. The average molecular weight is 320 g/mol. The molecule has 5 aromatic rings. The van der Waals surface area contributed by atoms with E-state index < -0.39 is 0 Å². The molecular formula is C22H12N2O. The summed E-state index contributed by atoms with van der Waals surface area (Å²) in [7, 11) is 0. The van der Waals surface area contributed by atoms with E-state index in [1.54, 1.807) is 6.20 Å². The van der Waals surface area contributed by atoms with Crippen LogP contribution in [0.3, 0.4) is 0 Å². The fourth-order valence-corrected chi connectivity index (χ4v) is 3.40. The van der Waals surface area contributed by atoms with Gasteiger partial charge in [0.15, 0.2) is 0 Å². The van der Waals surface area contributed by atoms with E-state index in [2.05, 4.69) is 35.3 Å². The summed E-state index contributed by atoms with van der Waals surface area (Å²) >= 11 is 0. The molecule has 5 rings (SSSR count). The lowest BCUT2D eigenvalue weighted by Crippen LogP contribution is -1.84. The molecule has 3 nitrogen and oxygen atoms in total. The number of benzene rings is 3. The molecule has 0 amide bonds. The second-order valence-electron chi connectivity index (χ2n) is 6.01. The average Bonchev–Trinajstić information content (AvgIpc) is 3.06. The highest BCUT2D eigenvalue weighted by Crippen LogP contribution is 2.36. The summed E-state index contributed by atoms with van der Waals surface area (Å²) in [4.78, 5) is 4.05. The normalized spacial score (nSPS) is 11.2. The van der Waals surface area contributed by atoms with Crippen LogP contribution in [0.5, 0.6) is 0 Å². The fraction of sp³-hybridized carbons (Fsp3) is 0. The molecule has 116 valence electrons. The molecule has 3 aromatic carbocycles. The monoisotopic (exact) mass is 320 g/mol. The van der Waals surface area contributed by atoms with Crippen LogP contribution in [0.1, 0.15) is 5.69 Å². The van der Waals surface area contributed by atoms with Crippen LogP contribution in [0.25, 0.3) is 43.8 Å². The zero-order valence-corrected chi connectivity index (χ0v) is 13.2. The minimum Gasteiger partial charge on any atom is -0.456 e. The van der Waals surface area contributed by atoms with Gasteiger partial charge >= 0.3 is 0 Å². The van der Waals surface area contributed by atoms with Crippen LogP contribution in [0.15, 0.2) is 77.3 Å². The Morgan fingerprint density at radius 2 is 1.64 bits per heavy atom. The number of nitrogens with zero attached hydrogens (tertiary/aromatic N) is 2. The Bertz CT molecular complexity index is 1310. The van der Waals surface area contributed by atoms with E-state index in [4.69, 9.17) is 9.68 Å². The molecule has 0 atom stereocenters. The number of pyridine rings is 1. The van der Waals surface area contributed by atoms with E-state index >= 15 is 0 Å². The lowest BCUT2D eigenvalue weighted by atomic mass is 10.0. The minimum absolute atomic E-state index is 0.417. The van der Waals surface area contributed by atoms with E-state index in [0.717, 1.165) is 33.1 Å². The maximum absolute atomic E-state index is 9.08. The molecule has 3 heteroatoms. The van der Waals surface area contributed by atoms with Crippen molar-refractivity contribution in [1.29, 1.82) is 5.26 Å². The van der Waals surface area contributed by atoms with Crippen LogP contribution in [-0.2, 0) is 0 Å². The van der Waals surface area contributed by atoms with Gasteiger partial charge < -0.3 is 4.42 Å². The standard InChI is InChI=1S/C22H12N2O/c23-13-17-11-16(9-10-24-17)15-6-7-20-19(12-15)22-18-4-2-1-3-14(18)5-8-21(22)25-20/h1-12H. The molecule has 0 aliphatic carbocycles. The maximum Gasteiger partial charge on any atom is 0.141 e. The van der Waals surface area contributed by atoms with E-state index in [1.807, 2.05) is 42.5 Å². The second-order valence-corrected chi connectivity index (χ2v) is 6.01. The van der Waals surface area contributed by atoms with Crippen molar-refractivity contribution in [3.05, 3.63) is 78.6 Å². The van der Waals surface area contributed by atoms with Crippen molar-refractivity contribution < 1.29 is 4.42 Å². The van der Waals surface area contributed by atoms with Crippen molar-refractivity contribution in [2.24, 2.45) is 0 Å². The van der Waals surface area contributed by atoms with Gasteiger partial charge in [-0.1, -0.05) is 36.4 Å². The molecule has 0 fully saturated rings. The van der Waals surface area contributed by atoms with Gasteiger partial charge in [-0.3, -0.25) is 0 Å². The fourth-order valence-electron chi connectivity index (χ4n) is 3.40. The van der Waals surface area contributed by atoms with Gasteiger partial charge in [0.2, 0.25) is 0 Å². The molecule has 0 radical (unpaired) electrons. The third-order valence-corrected chi connectivity index (χ3v) is 4.57. The summed E-state index contributed by atoms with van der Waals surface area (Å²) in [6.45, 7) is 0. The van der Waals surface area contributed by atoms with Crippen molar-refractivity contribution >= 4 is 32.7 Å². The van der Waals surface area contributed by atoms with Crippen LogP contribution >= 0.6 is 0 Å². The predicted molar refractivity (Wildman–Crippen MR) is 99.2 cm³/mol. The Kier molecular flexibility index (Phi) is 2.86. The van der Waals surface area contributed by atoms with Gasteiger partial charge in [0.05, 0.1) is 0 Å². The van der Waals surface area contributed by atoms with E-state index in [9.17, 15) is 0 Å². The molecule has 0 saturated heterocycles. The molecule has 0 spiro atoms. The zero-order valence-electron chi connectivity index (χ0n) is 13.2. The van der Waals surface area contributed by atoms with Gasteiger partial charge in [0.25, 0.3) is 0 Å². The van der Waals surface area contributed by atoms with Crippen LogP contribution in [0.4, 0.5) is 0 Å². The first-order chi connectivity index (χ1) is 12.3. The summed E-state index contributed by atoms with van der Waals surface area (Å²) in [5.41, 5.74) is 4.19. The molecule has 0 aliphatic heterocycles. The Morgan fingerprint density at radius 1 is 0.800 bits per heavy atom. The number of hydrogen-bond donors (Lipinski definition) is 0. The predicted octanol–water partition coefficient (Wildman–Crippen LogP) is 5.67. The zero-order chi connectivity index (χ0) is 16.8. The van der Waals surface area contributed by atoms with Crippen LogP contribution < -0.4 is 0 Å². The van der Waals surface area contributed by atoms with Gasteiger partial charge in [-0.2, -0.15) is 5.26 Å². The Morgan fingerprint density at radius 3 is 2.56 bits per heavy atom. The van der Waals surface area contributed by atoms with Crippen molar-refractivity contribution in [3.63, 3.8) is 0 Å². The summed E-state index contributed by atoms with van der Waals surface area (Å²) in [5.74, 6) is 0. The smallest absolute Gasteiger partial charge is 0.141 e. The number of hydrogen-bond acceptors (Lipinski definition) is 3. The summed E-state index contributed by atoms with van der Waals surface area (Å²) in [6.07, 6.45) is 1.67. The number of aromatic nitrogens is 1. The molecule has 0 aliphatic rings. The van der Waals surface area contributed by atoms with E-state index in [-0.39, 0.29) is 0 Å². The Hall–Kier alpha value is -3.64. The Balaban J connectivity index is 1.85. The van der Waals surface area contributed by atoms with E-state index in [1.165, 1.54) is 10.8 Å². The molecule has 0 bridgehead atoms. The first kappa shape index (κ1) is 13.8. The van der Waals surface area contributed by atoms with Crippen molar-refractivity contribution in [2.45, 2.75) is 0 Å². The SMILES string of the molecule is N#Cc1cc(-c2ccc3oc4ccc5ccccc5c4c3c2)ccn1. The van der Waals surface area contributed by atoms with Crippen LogP contribution in [0.2, 0.25) is 0 Å². The third kappa shape index (κ3) is 2.09. The van der Waals surface area contributed by atoms with Crippen LogP contribution in [0, 0.1) is 11.3 Å². The first-order valence-electron chi connectivity index (χ1n) is 8.04. The lowest BCUT2D eigenvalue weighted by molar-refractivity contribution is 0.669. The van der Waals surface area contributed by atoms with Crippen LogP contribution in [-0.4, -0.2) is 4.98 Å². The molecule has 2 heterocycles. The molecule has 0 saturated carbocycles. The van der Waals surface area contributed by atoms with Gasteiger partial charge in [-0.15, -0.1) is 0 Å². The summed E-state index contributed by atoms with van der Waals surface area (Å²) in [5, 5.41) is 13.7. The molecule has 2 aromatic heterocycles. The molecule has 0 unspecified atom stereocenters. The quantitative estimate of drug-likeness (QED) is 0.399. The first-order valence-corrected chi connectivity index (χ1v) is 8.04.